The van der Waals surface area contributed by atoms with Gasteiger partial charge in [0.05, 0.1) is 12.7 Å². The maximum absolute atomic E-state index is 11.2. The fraction of sp³-hybridized carbons (Fsp3) is 0.727. The van der Waals surface area contributed by atoms with Crippen LogP contribution in [0.15, 0.2) is 35.4 Å². The van der Waals surface area contributed by atoms with Gasteiger partial charge in [-0.25, -0.2) is 0 Å². The molecule has 0 radical (unpaired) electrons. The molecule has 1 aromatic carbocycles. The monoisotopic (exact) mass is 494 g/mol. The van der Waals surface area contributed by atoms with Gasteiger partial charge in [-0.15, -0.1) is 10.1 Å². The first kappa shape index (κ1) is 26.4. The minimum atomic E-state index is -2.52. The number of ether oxygens (including phenoxy) is 3. The van der Waals surface area contributed by atoms with E-state index in [1.165, 1.54) is 0 Å². The summed E-state index contributed by atoms with van der Waals surface area (Å²) in [6.45, 7) is 12.9. The summed E-state index contributed by atoms with van der Waals surface area (Å²) in [5, 5.41) is 14.1. The summed E-state index contributed by atoms with van der Waals surface area (Å²) in [6.07, 6.45) is -4.29. The summed E-state index contributed by atoms with van der Waals surface area (Å²) < 4.78 is 25.1. The van der Waals surface area contributed by atoms with Crippen molar-refractivity contribution < 1.29 is 28.6 Å². The van der Waals surface area contributed by atoms with Crippen molar-refractivity contribution in [1.82, 2.24) is 0 Å². The average Bonchev–Trinajstić information content (AvgIpc) is 2.78. The van der Waals surface area contributed by atoms with E-state index in [0.29, 0.717) is 0 Å². The molecule has 0 aromatic heterocycles. The molecule has 3 rings (SSSR count). The zero-order chi connectivity index (χ0) is 25.0. The first-order valence-corrected chi connectivity index (χ1v) is 13.8. The quantitative estimate of drug-likeness (QED) is 0.114. The molecule has 0 aliphatic carbocycles. The molecule has 11 nitrogen and oxygen atoms in total. The lowest BCUT2D eigenvalue weighted by Gasteiger charge is -2.52. The van der Waals surface area contributed by atoms with E-state index in [1.807, 2.05) is 30.3 Å². The highest BCUT2D eigenvalue weighted by Gasteiger charge is 2.56. The number of fused-ring (bicyclic) bond motifs is 1. The third kappa shape index (κ3) is 5.22. The molecule has 0 N–H and O–H groups in total. The van der Waals surface area contributed by atoms with E-state index in [1.54, 1.807) is 0 Å². The number of hydrogen-bond donors (Lipinski definition) is 0. The summed E-state index contributed by atoms with van der Waals surface area (Å²) in [7, 11) is -2.52. The third-order valence-corrected chi connectivity index (χ3v) is 12.9. The molecule has 2 aliphatic heterocycles. The highest BCUT2D eigenvalue weighted by molar-refractivity contribution is 6.77. The molecule has 188 valence electrons. The van der Waals surface area contributed by atoms with E-state index in [4.69, 9.17) is 23.5 Å². The van der Waals surface area contributed by atoms with Crippen molar-refractivity contribution in [3.05, 3.63) is 56.5 Å². The van der Waals surface area contributed by atoms with E-state index in [2.05, 4.69) is 51.6 Å². The topological polar surface area (TPSA) is 138 Å². The second-order valence-electron chi connectivity index (χ2n) is 9.64. The van der Waals surface area contributed by atoms with Gasteiger partial charge in [-0.3, -0.25) is 4.84 Å². The van der Waals surface area contributed by atoms with Crippen LogP contribution in [0.5, 0.6) is 0 Å². The van der Waals surface area contributed by atoms with Gasteiger partial charge in [0.1, 0.15) is 18.2 Å². The van der Waals surface area contributed by atoms with Crippen LogP contribution in [-0.2, 0) is 23.5 Å². The summed E-state index contributed by atoms with van der Waals surface area (Å²) >= 11 is 0. The lowest BCUT2D eigenvalue weighted by molar-refractivity contribution is -0.784. The smallest absolute Gasteiger partial charge is 0.297 e. The number of rotatable bonds is 9. The Labute approximate surface area is 200 Å². The van der Waals surface area contributed by atoms with E-state index in [0.717, 1.165) is 5.56 Å². The minimum Gasteiger partial charge on any atom is -0.410 e. The van der Waals surface area contributed by atoms with Gasteiger partial charge >= 0.3 is 0 Å². The normalized spacial score (nSPS) is 29.6. The molecule has 2 aliphatic rings. The highest BCUT2D eigenvalue weighted by Crippen LogP contribution is 2.46. The molecule has 6 atom stereocenters. The van der Waals surface area contributed by atoms with Gasteiger partial charge in [-0.05, 0) is 22.2 Å². The van der Waals surface area contributed by atoms with Crippen molar-refractivity contribution in [2.45, 2.75) is 95.1 Å². The van der Waals surface area contributed by atoms with Crippen LogP contribution < -0.4 is 0 Å². The average molecular weight is 495 g/mol. The summed E-state index contributed by atoms with van der Waals surface area (Å²) in [6, 6.07) is 8.34. The Bertz CT molecular complexity index is 859. The molecular formula is C22H34N4O7Si. The van der Waals surface area contributed by atoms with E-state index in [9.17, 15) is 15.6 Å². The Hall–Kier alpha value is -2.21. The predicted octanol–water partition coefficient (Wildman–Crippen LogP) is 5.27. The van der Waals surface area contributed by atoms with Gasteiger partial charge in [0.2, 0.25) is 14.6 Å². The van der Waals surface area contributed by atoms with Gasteiger partial charge in [-0.2, -0.15) is 0 Å². The Kier molecular flexibility index (Phi) is 8.55. The Morgan fingerprint density at radius 3 is 2.26 bits per heavy atom. The van der Waals surface area contributed by atoms with Crippen LogP contribution in [0.2, 0.25) is 16.6 Å². The predicted molar refractivity (Wildman–Crippen MR) is 126 cm³/mol. The summed E-state index contributed by atoms with van der Waals surface area (Å²) in [5.74, 6) is 0. The third-order valence-electron chi connectivity index (χ3n) is 6.80. The molecule has 1 unspecified atom stereocenters. The zero-order valence-corrected chi connectivity index (χ0v) is 21.4. The number of nitrogens with zero attached hydrogens (tertiary/aromatic N) is 4. The van der Waals surface area contributed by atoms with Crippen molar-refractivity contribution in [1.29, 1.82) is 0 Å². The fourth-order valence-electron chi connectivity index (χ4n) is 5.47. The van der Waals surface area contributed by atoms with Crippen LogP contribution in [-0.4, -0.2) is 50.7 Å². The Balaban J connectivity index is 2.05. The molecular weight excluding hydrogens is 460 g/mol. The molecule has 0 bridgehead atoms. The van der Waals surface area contributed by atoms with Crippen LogP contribution in [0.1, 0.15) is 53.4 Å². The largest absolute Gasteiger partial charge is 0.410 e. The molecule has 2 saturated heterocycles. The fourth-order valence-corrected chi connectivity index (χ4v) is 11.0. The molecule has 34 heavy (non-hydrogen) atoms. The molecule has 12 heteroatoms. The minimum absolute atomic E-state index is 0.115. The van der Waals surface area contributed by atoms with E-state index < -0.39 is 50.3 Å². The van der Waals surface area contributed by atoms with Crippen molar-refractivity contribution in [2.24, 2.45) is 5.11 Å². The first-order chi connectivity index (χ1) is 16.1. The van der Waals surface area contributed by atoms with Crippen LogP contribution in [0, 0.1) is 10.1 Å². The molecule has 2 heterocycles. The second-order valence-corrected chi connectivity index (χ2v) is 15.1. The number of benzene rings is 1. The standard InChI is InChI=1S/C22H34N4O7Si/c1-13(2)34(14(3)4,15(5)6)33-20-18(24-25-23)22(32-26(27)28)30-17-12-29-21(31-19(17)20)16-10-8-7-9-11-16/h7-11,13-15,17-22H,12H2,1-6H3/t17-,18-,19-,20-,21?,22-/m1/s1. The second kappa shape index (κ2) is 11.0. The van der Waals surface area contributed by atoms with Crippen molar-refractivity contribution in [3.63, 3.8) is 0 Å². The van der Waals surface area contributed by atoms with Crippen LogP contribution in [0.3, 0.4) is 0 Å². The molecule has 0 amide bonds. The van der Waals surface area contributed by atoms with Crippen LogP contribution >= 0.6 is 0 Å². The Morgan fingerprint density at radius 2 is 1.74 bits per heavy atom. The van der Waals surface area contributed by atoms with Gasteiger partial charge < -0.3 is 18.6 Å². The van der Waals surface area contributed by atoms with E-state index in [-0.39, 0.29) is 23.2 Å². The van der Waals surface area contributed by atoms with Crippen LogP contribution in [0.25, 0.3) is 10.4 Å². The highest BCUT2D eigenvalue weighted by atomic mass is 28.4. The van der Waals surface area contributed by atoms with Gasteiger partial charge in [-0.1, -0.05) is 77.0 Å². The number of azide groups is 1. The van der Waals surface area contributed by atoms with Gasteiger partial charge in [0.25, 0.3) is 5.09 Å². The van der Waals surface area contributed by atoms with Gasteiger partial charge in [0.15, 0.2) is 6.29 Å². The number of hydrogen-bond acceptors (Lipinski definition) is 8. The van der Waals surface area contributed by atoms with Crippen molar-refractivity contribution in [2.75, 3.05) is 6.61 Å². The first-order valence-electron chi connectivity index (χ1n) is 11.6. The lowest BCUT2D eigenvalue weighted by Crippen LogP contribution is -2.66. The molecule has 0 spiro atoms. The summed E-state index contributed by atoms with van der Waals surface area (Å²) in [5.41, 5.74) is 10.8. The SMILES string of the molecule is CC(C)[Si](O[C@@H]1[C@@H](N=[N+]=[N-])[C@@H](O[N+](=O)[O-])O[C@@H]2COC(c3ccccc3)O[C@@H]12)(C(C)C)C(C)C. The zero-order valence-electron chi connectivity index (χ0n) is 20.4. The van der Waals surface area contributed by atoms with Crippen LogP contribution in [0.4, 0.5) is 0 Å². The Morgan fingerprint density at radius 1 is 1.12 bits per heavy atom. The maximum atomic E-state index is 11.2. The van der Waals surface area contributed by atoms with Crippen molar-refractivity contribution >= 4 is 8.32 Å². The molecule has 2 fully saturated rings. The lowest BCUT2D eigenvalue weighted by atomic mass is 9.96. The summed E-state index contributed by atoms with van der Waals surface area (Å²) in [4.78, 5) is 18.9. The van der Waals surface area contributed by atoms with Gasteiger partial charge in [0, 0.05) is 10.5 Å². The van der Waals surface area contributed by atoms with E-state index >= 15 is 0 Å². The maximum Gasteiger partial charge on any atom is 0.297 e. The van der Waals surface area contributed by atoms with Crippen molar-refractivity contribution in [3.8, 4) is 0 Å². The molecule has 0 saturated carbocycles. The molecule has 1 aromatic rings.